The van der Waals surface area contributed by atoms with Crippen LogP contribution in [0.2, 0.25) is 0 Å². The van der Waals surface area contributed by atoms with Crippen LogP contribution in [0.4, 0.5) is 5.82 Å². The average molecular weight is 222 g/mol. The summed E-state index contributed by atoms with van der Waals surface area (Å²) in [4.78, 5) is 21.2. The van der Waals surface area contributed by atoms with Crippen molar-refractivity contribution in [3.63, 3.8) is 0 Å². The molecule has 2 heterocycles. The van der Waals surface area contributed by atoms with Gasteiger partial charge in [-0.2, -0.15) is 0 Å². The SMILES string of the molecule is C[C@]1(C(N)=O)CN(c2ccncn2)CCO1. The first-order chi connectivity index (χ1) is 7.62. The smallest absolute Gasteiger partial charge is 0.251 e. The van der Waals surface area contributed by atoms with E-state index in [1.165, 1.54) is 6.33 Å². The van der Waals surface area contributed by atoms with E-state index in [0.29, 0.717) is 19.7 Å². The van der Waals surface area contributed by atoms with Crippen molar-refractivity contribution >= 4 is 11.7 Å². The standard InChI is InChI=1S/C10H14N4O2/c1-10(9(11)15)6-14(4-5-16-10)8-2-3-12-7-13-8/h2-3,7H,4-6H2,1H3,(H2,11,15)/t10-/m1/s1. The van der Waals surface area contributed by atoms with E-state index in [1.807, 2.05) is 4.90 Å². The summed E-state index contributed by atoms with van der Waals surface area (Å²) in [6.07, 6.45) is 3.14. The summed E-state index contributed by atoms with van der Waals surface area (Å²) in [5.41, 5.74) is 4.38. The van der Waals surface area contributed by atoms with Gasteiger partial charge in [0, 0.05) is 12.7 Å². The molecule has 0 aromatic carbocycles. The van der Waals surface area contributed by atoms with Crippen molar-refractivity contribution in [3.05, 3.63) is 18.6 Å². The van der Waals surface area contributed by atoms with Gasteiger partial charge < -0.3 is 15.4 Å². The molecule has 1 atom stereocenters. The molecule has 0 unspecified atom stereocenters. The fourth-order valence-corrected chi connectivity index (χ4v) is 1.69. The lowest BCUT2D eigenvalue weighted by Crippen LogP contribution is -2.57. The molecule has 0 spiro atoms. The first-order valence-corrected chi connectivity index (χ1v) is 5.07. The van der Waals surface area contributed by atoms with Crippen molar-refractivity contribution in [2.24, 2.45) is 5.73 Å². The van der Waals surface area contributed by atoms with E-state index in [0.717, 1.165) is 5.82 Å². The largest absolute Gasteiger partial charge is 0.367 e. The minimum absolute atomic E-state index is 0.416. The third kappa shape index (κ3) is 1.96. The summed E-state index contributed by atoms with van der Waals surface area (Å²) in [7, 11) is 0. The van der Waals surface area contributed by atoms with Gasteiger partial charge in [0.15, 0.2) is 5.60 Å². The van der Waals surface area contributed by atoms with Gasteiger partial charge in [0.1, 0.15) is 12.1 Å². The van der Waals surface area contributed by atoms with Crippen LogP contribution < -0.4 is 10.6 Å². The summed E-state index contributed by atoms with van der Waals surface area (Å²) in [6, 6.07) is 1.80. The summed E-state index contributed by atoms with van der Waals surface area (Å²) < 4.78 is 5.42. The van der Waals surface area contributed by atoms with Gasteiger partial charge in [0.2, 0.25) is 0 Å². The fraction of sp³-hybridized carbons (Fsp3) is 0.500. The van der Waals surface area contributed by atoms with Crippen LogP contribution in [-0.2, 0) is 9.53 Å². The van der Waals surface area contributed by atoms with Crippen LogP contribution in [0.15, 0.2) is 18.6 Å². The Labute approximate surface area is 93.4 Å². The topological polar surface area (TPSA) is 81.3 Å². The first kappa shape index (κ1) is 10.8. The second kappa shape index (κ2) is 4.05. The highest BCUT2D eigenvalue weighted by atomic mass is 16.5. The Morgan fingerprint density at radius 1 is 1.69 bits per heavy atom. The van der Waals surface area contributed by atoms with Gasteiger partial charge in [-0.1, -0.05) is 0 Å². The zero-order valence-corrected chi connectivity index (χ0v) is 9.09. The number of morpholine rings is 1. The second-order valence-corrected chi connectivity index (χ2v) is 3.93. The summed E-state index contributed by atoms with van der Waals surface area (Å²) in [6.45, 7) is 3.27. The Morgan fingerprint density at radius 3 is 3.12 bits per heavy atom. The number of ether oxygens (including phenoxy) is 1. The number of carbonyl (C=O) groups is 1. The molecule has 16 heavy (non-hydrogen) atoms. The third-order valence-electron chi connectivity index (χ3n) is 2.69. The molecule has 1 saturated heterocycles. The predicted octanol–water partition coefficient (Wildman–Crippen LogP) is -0.443. The van der Waals surface area contributed by atoms with Crippen molar-refractivity contribution in [1.82, 2.24) is 9.97 Å². The highest BCUT2D eigenvalue weighted by Gasteiger charge is 2.37. The van der Waals surface area contributed by atoms with Gasteiger partial charge in [-0.25, -0.2) is 9.97 Å². The van der Waals surface area contributed by atoms with E-state index in [-0.39, 0.29) is 0 Å². The number of hydrogen-bond acceptors (Lipinski definition) is 5. The summed E-state index contributed by atoms with van der Waals surface area (Å²) in [5.74, 6) is 0.331. The molecule has 86 valence electrons. The van der Waals surface area contributed by atoms with E-state index < -0.39 is 11.5 Å². The Kier molecular flexibility index (Phi) is 2.74. The number of nitrogens with two attached hydrogens (primary N) is 1. The van der Waals surface area contributed by atoms with Gasteiger partial charge in [-0.05, 0) is 13.0 Å². The highest BCUT2D eigenvalue weighted by molar-refractivity contribution is 5.84. The average Bonchev–Trinajstić information content (AvgIpc) is 2.30. The number of rotatable bonds is 2. The predicted molar refractivity (Wildman–Crippen MR) is 57.8 cm³/mol. The molecular weight excluding hydrogens is 208 g/mol. The van der Waals surface area contributed by atoms with E-state index in [1.54, 1.807) is 19.2 Å². The Bertz CT molecular complexity index is 384. The molecule has 6 nitrogen and oxygen atoms in total. The molecule has 1 fully saturated rings. The molecule has 1 aromatic heterocycles. The number of carbonyl (C=O) groups excluding carboxylic acids is 1. The van der Waals surface area contributed by atoms with E-state index in [2.05, 4.69) is 9.97 Å². The lowest BCUT2D eigenvalue weighted by Gasteiger charge is -2.38. The van der Waals surface area contributed by atoms with Crippen molar-refractivity contribution in [2.45, 2.75) is 12.5 Å². The van der Waals surface area contributed by atoms with Crippen LogP contribution in [0, 0.1) is 0 Å². The lowest BCUT2D eigenvalue weighted by molar-refractivity contribution is -0.142. The van der Waals surface area contributed by atoms with Crippen molar-refractivity contribution in [2.75, 3.05) is 24.6 Å². The molecule has 1 aliphatic heterocycles. The molecule has 2 rings (SSSR count). The number of amides is 1. The van der Waals surface area contributed by atoms with Crippen molar-refractivity contribution < 1.29 is 9.53 Å². The number of hydrogen-bond donors (Lipinski definition) is 1. The number of anilines is 1. The molecule has 0 bridgehead atoms. The second-order valence-electron chi connectivity index (χ2n) is 3.93. The number of primary amides is 1. The monoisotopic (exact) mass is 222 g/mol. The maximum atomic E-state index is 11.3. The molecular formula is C10H14N4O2. The molecule has 1 aromatic rings. The molecule has 6 heteroatoms. The fourth-order valence-electron chi connectivity index (χ4n) is 1.69. The summed E-state index contributed by atoms with van der Waals surface area (Å²) >= 11 is 0. The zero-order valence-electron chi connectivity index (χ0n) is 9.09. The van der Waals surface area contributed by atoms with Gasteiger partial charge in [0.25, 0.3) is 5.91 Å². The zero-order chi connectivity index (χ0) is 11.6. The maximum absolute atomic E-state index is 11.3. The Morgan fingerprint density at radius 2 is 2.50 bits per heavy atom. The Balaban J connectivity index is 2.17. The van der Waals surface area contributed by atoms with E-state index >= 15 is 0 Å². The quantitative estimate of drug-likeness (QED) is 0.733. The van der Waals surface area contributed by atoms with Crippen LogP contribution in [0.3, 0.4) is 0 Å². The molecule has 1 aliphatic rings. The molecule has 0 saturated carbocycles. The Hall–Kier alpha value is -1.69. The normalized spacial score (nSPS) is 25.4. The maximum Gasteiger partial charge on any atom is 0.251 e. The van der Waals surface area contributed by atoms with E-state index in [4.69, 9.17) is 10.5 Å². The van der Waals surface area contributed by atoms with Crippen LogP contribution >= 0.6 is 0 Å². The molecule has 0 radical (unpaired) electrons. The lowest BCUT2D eigenvalue weighted by atomic mass is 10.0. The van der Waals surface area contributed by atoms with Crippen molar-refractivity contribution in [1.29, 1.82) is 0 Å². The number of aromatic nitrogens is 2. The van der Waals surface area contributed by atoms with Gasteiger partial charge in [-0.3, -0.25) is 4.79 Å². The van der Waals surface area contributed by atoms with Crippen LogP contribution in [0.25, 0.3) is 0 Å². The van der Waals surface area contributed by atoms with Crippen LogP contribution in [-0.4, -0.2) is 41.2 Å². The number of nitrogens with zero attached hydrogens (tertiary/aromatic N) is 3. The van der Waals surface area contributed by atoms with Gasteiger partial charge in [0.05, 0.1) is 13.2 Å². The van der Waals surface area contributed by atoms with E-state index in [9.17, 15) is 4.79 Å². The van der Waals surface area contributed by atoms with Crippen LogP contribution in [0.1, 0.15) is 6.92 Å². The third-order valence-corrected chi connectivity index (χ3v) is 2.69. The van der Waals surface area contributed by atoms with Gasteiger partial charge in [-0.15, -0.1) is 0 Å². The molecule has 2 N–H and O–H groups in total. The minimum Gasteiger partial charge on any atom is -0.367 e. The van der Waals surface area contributed by atoms with Crippen LogP contribution in [0.5, 0.6) is 0 Å². The van der Waals surface area contributed by atoms with Crippen molar-refractivity contribution in [3.8, 4) is 0 Å². The first-order valence-electron chi connectivity index (χ1n) is 5.07. The highest BCUT2D eigenvalue weighted by Crippen LogP contribution is 2.20. The minimum atomic E-state index is -0.941. The molecule has 0 aliphatic carbocycles. The van der Waals surface area contributed by atoms with Gasteiger partial charge >= 0.3 is 0 Å². The summed E-state index contributed by atoms with van der Waals surface area (Å²) in [5, 5.41) is 0. The molecule has 1 amide bonds.